The van der Waals surface area contributed by atoms with Gasteiger partial charge in [0.05, 0.1) is 11.9 Å². The molecular formula is C24H33N3O3S. The van der Waals surface area contributed by atoms with Crippen LogP contribution < -0.4 is 14.5 Å². The Kier molecular flexibility index (Phi) is 7.59. The van der Waals surface area contributed by atoms with Crippen molar-refractivity contribution in [3.8, 4) is 0 Å². The monoisotopic (exact) mass is 443 g/mol. The molecule has 0 bridgehead atoms. The number of aryl methyl sites for hydroxylation is 2. The predicted octanol–water partition coefficient (Wildman–Crippen LogP) is 3.36. The van der Waals surface area contributed by atoms with Crippen LogP contribution in [0.1, 0.15) is 37.8 Å². The van der Waals surface area contributed by atoms with Gasteiger partial charge in [-0.3, -0.25) is 9.10 Å². The van der Waals surface area contributed by atoms with Gasteiger partial charge in [-0.15, -0.1) is 0 Å². The van der Waals surface area contributed by atoms with Crippen molar-refractivity contribution < 1.29 is 13.2 Å². The Labute approximate surface area is 186 Å². The van der Waals surface area contributed by atoms with E-state index in [0.29, 0.717) is 12.2 Å². The van der Waals surface area contributed by atoms with Crippen LogP contribution in [0.4, 0.5) is 11.4 Å². The molecule has 168 valence electrons. The zero-order chi connectivity index (χ0) is 22.4. The van der Waals surface area contributed by atoms with Crippen LogP contribution >= 0.6 is 0 Å². The number of anilines is 2. The highest BCUT2D eigenvalue weighted by atomic mass is 32.2. The first-order chi connectivity index (χ1) is 14.8. The van der Waals surface area contributed by atoms with E-state index in [9.17, 15) is 13.2 Å². The van der Waals surface area contributed by atoms with Crippen LogP contribution in [-0.2, 0) is 27.7 Å². The molecule has 0 spiro atoms. The summed E-state index contributed by atoms with van der Waals surface area (Å²) in [7, 11) is -3.60. The van der Waals surface area contributed by atoms with Gasteiger partial charge in [-0.05, 0) is 61.9 Å². The first-order valence-corrected chi connectivity index (χ1v) is 12.8. The highest BCUT2D eigenvalue weighted by Crippen LogP contribution is 2.26. The van der Waals surface area contributed by atoms with Crippen molar-refractivity contribution in [2.75, 3.05) is 35.1 Å². The maximum atomic E-state index is 12.7. The summed E-state index contributed by atoms with van der Waals surface area (Å²) >= 11 is 0. The fraction of sp³-hybridized carbons (Fsp3) is 0.458. The lowest BCUT2D eigenvalue weighted by molar-refractivity contribution is -0.121. The number of amides is 1. The van der Waals surface area contributed by atoms with E-state index in [0.717, 1.165) is 50.6 Å². The van der Waals surface area contributed by atoms with Crippen molar-refractivity contribution in [1.29, 1.82) is 0 Å². The SMILES string of the molecule is CCc1ccc(N([C@H](C)C(=O)NCCCN2CCCc3ccccc32)S(C)(=O)=O)cc1. The Morgan fingerprint density at radius 1 is 1.16 bits per heavy atom. The molecule has 2 aromatic rings. The highest BCUT2D eigenvalue weighted by Gasteiger charge is 2.29. The second-order valence-electron chi connectivity index (χ2n) is 8.12. The lowest BCUT2D eigenvalue weighted by Crippen LogP contribution is -2.48. The summed E-state index contributed by atoms with van der Waals surface area (Å²) in [6, 6.07) is 15.0. The third-order valence-corrected chi connectivity index (χ3v) is 7.04. The van der Waals surface area contributed by atoms with E-state index < -0.39 is 16.1 Å². The Balaban J connectivity index is 1.57. The fourth-order valence-electron chi connectivity index (χ4n) is 4.16. The van der Waals surface area contributed by atoms with Gasteiger partial charge in [-0.1, -0.05) is 37.3 Å². The number of carbonyl (C=O) groups excluding carboxylic acids is 1. The molecule has 31 heavy (non-hydrogen) atoms. The van der Waals surface area contributed by atoms with Crippen LogP contribution in [0.5, 0.6) is 0 Å². The molecule has 1 aliphatic heterocycles. The summed E-state index contributed by atoms with van der Waals surface area (Å²) < 4.78 is 26.0. The summed E-state index contributed by atoms with van der Waals surface area (Å²) in [4.78, 5) is 15.1. The molecule has 1 atom stereocenters. The fourth-order valence-corrected chi connectivity index (χ4v) is 5.34. The molecule has 0 saturated carbocycles. The molecule has 0 aliphatic carbocycles. The molecular weight excluding hydrogens is 410 g/mol. The summed E-state index contributed by atoms with van der Waals surface area (Å²) in [5.41, 5.74) is 4.29. The van der Waals surface area contributed by atoms with E-state index in [1.165, 1.54) is 15.6 Å². The quantitative estimate of drug-likeness (QED) is 0.604. The lowest BCUT2D eigenvalue weighted by atomic mass is 10.0. The number of nitrogens with zero attached hydrogens (tertiary/aromatic N) is 2. The minimum atomic E-state index is -3.60. The van der Waals surface area contributed by atoms with Crippen molar-refractivity contribution in [1.82, 2.24) is 5.32 Å². The van der Waals surface area contributed by atoms with Crippen LogP contribution in [0.3, 0.4) is 0 Å². The van der Waals surface area contributed by atoms with Gasteiger partial charge in [-0.25, -0.2) is 8.42 Å². The molecule has 0 radical (unpaired) electrons. The number of fused-ring (bicyclic) bond motifs is 1. The molecule has 3 rings (SSSR count). The predicted molar refractivity (Wildman–Crippen MR) is 127 cm³/mol. The molecule has 7 heteroatoms. The number of carbonyl (C=O) groups is 1. The Hall–Kier alpha value is -2.54. The first-order valence-electron chi connectivity index (χ1n) is 11.0. The molecule has 1 N–H and O–H groups in total. The molecule has 2 aromatic carbocycles. The lowest BCUT2D eigenvalue weighted by Gasteiger charge is -2.31. The summed E-state index contributed by atoms with van der Waals surface area (Å²) in [5, 5.41) is 2.92. The van der Waals surface area contributed by atoms with Crippen LogP contribution in [0.25, 0.3) is 0 Å². The topological polar surface area (TPSA) is 69.7 Å². The van der Waals surface area contributed by atoms with Gasteiger partial charge < -0.3 is 10.2 Å². The van der Waals surface area contributed by atoms with E-state index in [-0.39, 0.29) is 5.91 Å². The smallest absolute Gasteiger partial charge is 0.243 e. The Morgan fingerprint density at radius 3 is 2.55 bits per heavy atom. The zero-order valence-corrected chi connectivity index (χ0v) is 19.5. The molecule has 1 heterocycles. The van der Waals surface area contributed by atoms with Gasteiger partial charge in [0.2, 0.25) is 15.9 Å². The van der Waals surface area contributed by atoms with E-state index >= 15 is 0 Å². The minimum absolute atomic E-state index is 0.288. The van der Waals surface area contributed by atoms with E-state index in [1.807, 2.05) is 19.1 Å². The van der Waals surface area contributed by atoms with Crippen molar-refractivity contribution in [3.63, 3.8) is 0 Å². The number of para-hydroxylation sites is 1. The van der Waals surface area contributed by atoms with Gasteiger partial charge in [0, 0.05) is 25.3 Å². The molecule has 6 nitrogen and oxygen atoms in total. The average Bonchev–Trinajstić information content (AvgIpc) is 2.76. The average molecular weight is 444 g/mol. The summed E-state index contributed by atoms with van der Waals surface area (Å²) in [6.45, 7) is 6.07. The third-order valence-electron chi connectivity index (χ3n) is 5.80. The largest absolute Gasteiger partial charge is 0.371 e. The molecule has 1 amide bonds. The second-order valence-corrected chi connectivity index (χ2v) is 9.98. The van der Waals surface area contributed by atoms with Gasteiger partial charge in [-0.2, -0.15) is 0 Å². The highest BCUT2D eigenvalue weighted by molar-refractivity contribution is 7.92. The summed E-state index contributed by atoms with van der Waals surface area (Å²) in [5.74, 6) is -0.288. The Morgan fingerprint density at radius 2 is 1.87 bits per heavy atom. The number of hydrogen-bond donors (Lipinski definition) is 1. The molecule has 0 unspecified atom stereocenters. The van der Waals surface area contributed by atoms with Gasteiger partial charge >= 0.3 is 0 Å². The zero-order valence-electron chi connectivity index (χ0n) is 18.7. The van der Waals surface area contributed by atoms with Crippen molar-refractivity contribution in [3.05, 3.63) is 59.7 Å². The standard InChI is InChI=1S/C24H33N3O3S/c1-4-20-12-14-22(15-13-20)27(31(3,29)30)19(2)24(28)25-16-8-18-26-17-7-10-21-9-5-6-11-23(21)26/h5-6,9,11-15,19H,4,7-8,10,16-18H2,1-3H3,(H,25,28)/t19-/m1/s1. The normalized spacial score (nSPS) is 14.6. The summed E-state index contributed by atoms with van der Waals surface area (Å²) in [6.07, 6.45) is 5.06. The van der Waals surface area contributed by atoms with Gasteiger partial charge in [0.25, 0.3) is 0 Å². The van der Waals surface area contributed by atoms with Crippen LogP contribution in [0.15, 0.2) is 48.5 Å². The molecule has 0 fully saturated rings. The maximum Gasteiger partial charge on any atom is 0.243 e. The van der Waals surface area contributed by atoms with Crippen molar-refractivity contribution in [2.45, 2.75) is 45.6 Å². The number of benzene rings is 2. The second kappa shape index (κ2) is 10.2. The van der Waals surface area contributed by atoms with Crippen molar-refractivity contribution >= 4 is 27.3 Å². The van der Waals surface area contributed by atoms with E-state index in [1.54, 1.807) is 19.1 Å². The number of hydrogen-bond acceptors (Lipinski definition) is 4. The number of rotatable bonds is 9. The molecule has 0 saturated heterocycles. The maximum absolute atomic E-state index is 12.7. The van der Waals surface area contributed by atoms with Crippen LogP contribution in [0.2, 0.25) is 0 Å². The van der Waals surface area contributed by atoms with E-state index in [4.69, 9.17) is 0 Å². The first kappa shape index (κ1) is 23.1. The van der Waals surface area contributed by atoms with Crippen LogP contribution in [0, 0.1) is 0 Å². The third kappa shape index (κ3) is 5.79. The van der Waals surface area contributed by atoms with E-state index in [2.05, 4.69) is 34.5 Å². The molecule has 1 aliphatic rings. The number of nitrogens with one attached hydrogen (secondary N) is 1. The Bertz CT molecular complexity index is 989. The molecule has 0 aromatic heterocycles. The minimum Gasteiger partial charge on any atom is -0.371 e. The van der Waals surface area contributed by atoms with Gasteiger partial charge in [0.1, 0.15) is 6.04 Å². The van der Waals surface area contributed by atoms with Crippen molar-refractivity contribution in [2.24, 2.45) is 0 Å². The van der Waals surface area contributed by atoms with Gasteiger partial charge in [0.15, 0.2) is 0 Å². The number of sulfonamides is 1. The van der Waals surface area contributed by atoms with Crippen LogP contribution in [-0.4, -0.2) is 46.3 Å².